The molecule has 6 nitrogen and oxygen atoms in total. The molecule has 0 amide bonds. The van der Waals surface area contributed by atoms with Crippen LogP contribution in [0.3, 0.4) is 0 Å². The summed E-state index contributed by atoms with van der Waals surface area (Å²) in [7, 11) is 0. The van der Waals surface area contributed by atoms with E-state index in [-0.39, 0.29) is 13.2 Å². The van der Waals surface area contributed by atoms with Crippen LogP contribution in [-0.2, 0) is 16.1 Å². The van der Waals surface area contributed by atoms with Crippen LogP contribution in [0.2, 0.25) is 0 Å². The Morgan fingerprint density at radius 2 is 2.16 bits per heavy atom. The highest BCUT2D eigenvalue weighted by atomic mass is 35.5. The number of pyridine rings is 2. The minimum atomic E-state index is -0.526. The van der Waals surface area contributed by atoms with Crippen molar-refractivity contribution in [2.75, 3.05) is 11.9 Å². The largest absolute Gasteiger partial charge is 0.365 e. The van der Waals surface area contributed by atoms with E-state index in [4.69, 9.17) is 16.3 Å². The number of carbonyl (C=O) groups is 1. The number of hydrogen-bond acceptors (Lipinski definition) is 7. The van der Waals surface area contributed by atoms with E-state index in [0.29, 0.717) is 5.82 Å². The molecule has 25 heavy (non-hydrogen) atoms. The molecule has 1 N–H and O–H groups in total. The van der Waals surface area contributed by atoms with Crippen molar-refractivity contribution in [3.8, 4) is 10.6 Å². The number of halogens is 1. The lowest BCUT2D eigenvalue weighted by molar-refractivity contribution is -0.116. The molecule has 0 unspecified atom stereocenters. The molecule has 0 bridgehead atoms. The number of carbonyl (C=O) groups excluding carboxylic acids is 1. The summed E-state index contributed by atoms with van der Waals surface area (Å²) >= 11 is 6.69. The van der Waals surface area contributed by atoms with Crippen molar-refractivity contribution < 1.29 is 9.53 Å². The fraction of sp³-hybridized carbons (Fsp3) is 0.176. The van der Waals surface area contributed by atoms with Gasteiger partial charge < -0.3 is 10.1 Å². The van der Waals surface area contributed by atoms with Crippen LogP contribution in [-0.4, -0.2) is 26.8 Å². The average Bonchev–Trinajstić information content (AvgIpc) is 3.04. The first kappa shape index (κ1) is 17.5. The van der Waals surface area contributed by atoms with Gasteiger partial charge in [-0.15, -0.1) is 11.3 Å². The second-order valence-corrected chi connectivity index (χ2v) is 6.75. The van der Waals surface area contributed by atoms with Crippen LogP contribution in [0.15, 0.2) is 42.7 Å². The molecule has 0 spiro atoms. The Morgan fingerprint density at radius 3 is 2.96 bits per heavy atom. The van der Waals surface area contributed by atoms with E-state index in [1.165, 1.54) is 11.3 Å². The van der Waals surface area contributed by atoms with E-state index in [1.807, 2.05) is 37.3 Å². The smallest absolute Gasteiger partial charge is 0.247 e. The Hall–Kier alpha value is -2.35. The molecule has 0 aliphatic carbocycles. The molecule has 3 aromatic rings. The highest BCUT2D eigenvalue weighted by molar-refractivity contribution is 7.15. The van der Waals surface area contributed by atoms with Gasteiger partial charge in [0.25, 0.3) is 0 Å². The molecular weight excluding hydrogens is 360 g/mol. The third-order valence-corrected chi connectivity index (χ3v) is 4.27. The van der Waals surface area contributed by atoms with Crippen LogP contribution in [0.1, 0.15) is 10.6 Å². The topological polar surface area (TPSA) is 77.0 Å². The van der Waals surface area contributed by atoms with Gasteiger partial charge in [-0.2, -0.15) is 0 Å². The summed E-state index contributed by atoms with van der Waals surface area (Å²) in [6.45, 7) is 2.13. The number of nitrogens with one attached hydrogen (secondary N) is 1. The number of aryl methyl sites for hydroxylation is 1. The second kappa shape index (κ2) is 8.15. The van der Waals surface area contributed by atoms with E-state index < -0.39 is 5.24 Å². The number of thiazole rings is 1. The minimum Gasteiger partial charge on any atom is -0.365 e. The number of aromatic nitrogens is 3. The van der Waals surface area contributed by atoms with E-state index in [0.717, 1.165) is 27.0 Å². The first-order valence-electron chi connectivity index (χ1n) is 7.48. The highest BCUT2D eigenvalue weighted by Gasteiger charge is 2.08. The Labute approximate surface area is 153 Å². The molecule has 0 radical (unpaired) electrons. The van der Waals surface area contributed by atoms with Gasteiger partial charge in [0, 0.05) is 12.4 Å². The van der Waals surface area contributed by atoms with Crippen molar-refractivity contribution in [1.82, 2.24) is 15.0 Å². The maximum atomic E-state index is 10.7. The SMILES string of the molecule is Cc1ccnc(Nc2cccc(-c3cnc(COCC(=O)Cl)s3)n2)c1. The zero-order valence-electron chi connectivity index (χ0n) is 13.4. The van der Waals surface area contributed by atoms with Gasteiger partial charge in [-0.1, -0.05) is 6.07 Å². The minimum absolute atomic E-state index is 0.127. The quantitative estimate of drug-likeness (QED) is 0.631. The summed E-state index contributed by atoms with van der Waals surface area (Å²) in [4.78, 5) is 24.7. The third-order valence-electron chi connectivity index (χ3n) is 3.17. The molecule has 3 aromatic heterocycles. The molecule has 0 aromatic carbocycles. The van der Waals surface area contributed by atoms with Crippen LogP contribution in [0.25, 0.3) is 10.6 Å². The summed E-state index contributed by atoms with van der Waals surface area (Å²) in [6, 6.07) is 9.60. The van der Waals surface area contributed by atoms with Gasteiger partial charge in [-0.05, 0) is 48.4 Å². The zero-order chi connectivity index (χ0) is 17.6. The van der Waals surface area contributed by atoms with Crippen LogP contribution in [0.4, 0.5) is 11.6 Å². The maximum Gasteiger partial charge on any atom is 0.247 e. The Kier molecular flexibility index (Phi) is 5.70. The monoisotopic (exact) mass is 374 g/mol. The molecule has 0 saturated heterocycles. The fourth-order valence-corrected chi connectivity index (χ4v) is 2.99. The van der Waals surface area contributed by atoms with Crippen molar-refractivity contribution >= 4 is 39.8 Å². The predicted molar refractivity (Wildman–Crippen MR) is 98.1 cm³/mol. The van der Waals surface area contributed by atoms with E-state index >= 15 is 0 Å². The van der Waals surface area contributed by atoms with E-state index in [1.54, 1.807) is 12.4 Å². The Morgan fingerprint density at radius 1 is 1.28 bits per heavy atom. The lowest BCUT2D eigenvalue weighted by Crippen LogP contribution is -2.01. The second-order valence-electron chi connectivity index (χ2n) is 5.22. The summed E-state index contributed by atoms with van der Waals surface area (Å²) in [6.07, 6.45) is 3.49. The van der Waals surface area contributed by atoms with Crippen molar-refractivity contribution in [1.29, 1.82) is 0 Å². The molecule has 0 atom stereocenters. The van der Waals surface area contributed by atoms with Gasteiger partial charge in [0.15, 0.2) is 0 Å². The summed E-state index contributed by atoms with van der Waals surface area (Å²) in [5.74, 6) is 1.45. The first-order chi connectivity index (χ1) is 12.1. The van der Waals surface area contributed by atoms with Gasteiger partial charge in [-0.3, -0.25) is 4.79 Å². The number of rotatable bonds is 7. The summed E-state index contributed by atoms with van der Waals surface area (Å²) in [5.41, 5.74) is 1.92. The zero-order valence-corrected chi connectivity index (χ0v) is 15.0. The molecule has 0 fully saturated rings. The average molecular weight is 375 g/mol. The van der Waals surface area contributed by atoms with Crippen LogP contribution in [0, 0.1) is 6.92 Å². The van der Waals surface area contributed by atoms with Gasteiger partial charge in [-0.25, -0.2) is 15.0 Å². The van der Waals surface area contributed by atoms with Gasteiger partial charge in [0.1, 0.15) is 23.3 Å². The lowest BCUT2D eigenvalue weighted by atomic mass is 10.3. The number of anilines is 2. The van der Waals surface area contributed by atoms with Crippen LogP contribution >= 0.6 is 22.9 Å². The standard InChI is InChI=1S/C17H15ClN4O2S/c1-11-5-6-19-16(7-11)22-15-4-2-3-12(21-15)13-8-20-17(25-13)10-24-9-14(18)23/h2-8H,9-10H2,1H3,(H,19,21,22). The van der Waals surface area contributed by atoms with Gasteiger partial charge in [0.2, 0.25) is 5.24 Å². The van der Waals surface area contributed by atoms with Gasteiger partial charge in [0.05, 0.1) is 17.2 Å². The predicted octanol–water partition coefficient (Wildman–Crippen LogP) is 3.93. The highest BCUT2D eigenvalue weighted by Crippen LogP contribution is 2.26. The van der Waals surface area contributed by atoms with Gasteiger partial charge >= 0.3 is 0 Å². The summed E-state index contributed by atoms with van der Waals surface area (Å²) < 4.78 is 5.17. The number of nitrogens with zero attached hydrogens (tertiary/aromatic N) is 3. The number of ether oxygens (including phenoxy) is 1. The molecule has 3 rings (SSSR count). The van der Waals surface area contributed by atoms with E-state index in [9.17, 15) is 4.79 Å². The lowest BCUT2D eigenvalue weighted by Gasteiger charge is -2.06. The molecule has 8 heteroatoms. The van der Waals surface area contributed by atoms with Crippen molar-refractivity contribution in [3.05, 3.63) is 53.3 Å². The molecule has 0 aliphatic heterocycles. The van der Waals surface area contributed by atoms with Crippen molar-refractivity contribution in [2.24, 2.45) is 0 Å². The third kappa shape index (κ3) is 5.06. The molecule has 0 saturated carbocycles. The summed E-state index contributed by atoms with van der Waals surface area (Å²) in [5, 5.41) is 3.43. The molecular formula is C17H15ClN4O2S. The van der Waals surface area contributed by atoms with Crippen molar-refractivity contribution in [3.63, 3.8) is 0 Å². The van der Waals surface area contributed by atoms with E-state index in [2.05, 4.69) is 20.3 Å². The molecule has 3 heterocycles. The maximum absolute atomic E-state index is 10.7. The normalized spacial score (nSPS) is 10.6. The Bertz CT molecular complexity index is 884. The molecule has 128 valence electrons. The molecule has 0 aliphatic rings. The van der Waals surface area contributed by atoms with Crippen LogP contribution in [0.5, 0.6) is 0 Å². The van der Waals surface area contributed by atoms with Crippen molar-refractivity contribution in [2.45, 2.75) is 13.5 Å². The Balaban J connectivity index is 1.71. The first-order valence-corrected chi connectivity index (χ1v) is 8.67. The number of hydrogen-bond donors (Lipinski definition) is 1. The fourth-order valence-electron chi connectivity index (χ4n) is 2.09. The van der Waals surface area contributed by atoms with Crippen LogP contribution < -0.4 is 5.32 Å².